The fourth-order valence-corrected chi connectivity index (χ4v) is 4.39. The van der Waals surface area contributed by atoms with Crippen LogP contribution < -0.4 is 5.32 Å². The molecular formula is C24H26F3N3O. The third-order valence-electron chi connectivity index (χ3n) is 5.90. The SMILES string of the molecule is O=C(c1cc2ccccc2[nH]1)N(CC(F)(F)F)[C@H]1CCC[C@H](NCc2ccccc2)C1. The maximum absolute atomic E-state index is 13.4. The molecule has 1 amide bonds. The number of H-pyrrole nitrogens is 1. The van der Waals surface area contributed by atoms with Crippen LogP contribution >= 0.6 is 0 Å². The molecule has 1 saturated carbocycles. The molecule has 7 heteroatoms. The summed E-state index contributed by atoms with van der Waals surface area (Å²) in [7, 11) is 0. The van der Waals surface area contributed by atoms with Crippen molar-refractivity contribution in [1.29, 1.82) is 0 Å². The lowest BCUT2D eigenvalue weighted by Gasteiger charge is -2.38. The van der Waals surface area contributed by atoms with E-state index in [1.807, 2.05) is 54.6 Å². The summed E-state index contributed by atoms with van der Waals surface area (Å²) in [5.41, 5.74) is 2.07. The summed E-state index contributed by atoms with van der Waals surface area (Å²) in [6.07, 6.45) is -1.69. The molecule has 2 atom stereocenters. The highest BCUT2D eigenvalue weighted by molar-refractivity contribution is 5.98. The van der Waals surface area contributed by atoms with E-state index in [-0.39, 0.29) is 11.7 Å². The predicted molar refractivity (Wildman–Crippen MR) is 115 cm³/mol. The molecule has 0 saturated heterocycles. The first kappa shape index (κ1) is 21.4. The van der Waals surface area contributed by atoms with Crippen molar-refractivity contribution in [2.75, 3.05) is 6.54 Å². The second kappa shape index (κ2) is 9.14. The topological polar surface area (TPSA) is 48.1 Å². The first-order chi connectivity index (χ1) is 14.9. The molecule has 3 aromatic rings. The third kappa shape index (κ3) is 5.47. The van der Waals surface area contributed by atoms with Crippen LogP contribution in [0.3, 0.4) is 0 Å². The van der Waals surface area contributed by atoms with E-state index >= 15 is 0 Å². The van der Waals surface area contributed by atoms with Gasteiger partial charge in [0.1, 0.15) is 12.2 Å². The van der Waals surface area contributed by atoms with Crippen molar-refractivity contribution in [3.63, 3.8) is 0 Å². The molecule has 2 aromatic carbocycles. The van der Waals surface area contributed by atoms with Crippen LogP contribution in [0.5, 0.6) is 0 Å². The summed E-state index contributed by atoms with van der Waals surface area (Å²) < 4.78 is 40.2. The van der Waals surface area contributed by atoms with Gasteiger partial charge in [-0.2, -0.15) is 13.2 Å². The van der Waals surface area contributed by atoms with Crippen molar-refractivity contribution in [2.45, 2.75) is 50.5 Å². The normalized spacial score (nSPS) is 19.5. The number of aromatic amines is 1. The average molecular weight is 429 g/mol. The van der Waals surface area contributed by atoms with E-state index in [4.69, 9.17) is 0 Å². The first-order valence-electron chi connectivity index (χ1n) is 10.6. The molecule has 4 nitrogen and oxygen atoms in total. The highest BCUT2D eigenvalue weighted by atomic mass is 19.4. The molecule has 2 N–H and O–H groups in total. The van der Waals surface area contributed by atoms with Gasteiger partial charge in [-0.15, -0.1) is 0 Å². The molecule has 4 rings (SSSR count). The molecule has 1 aromatic heterocycles. The van der Waals surface area contributed by atoms with Crippen molar-refractivity contribution >= 4 is 16.8 Å². The number of carbonyl (C=O) groups is 1. The van der Waals surface area contributed by atoms with E-state index in [1.54, 1.807) is 6.07 Å². The monoisotopic (exact) mass is 429 g/mol. The number of para-hydroxylation sites is 1. The number of nitrogens with zero attached hydrogens (tertiary/aromatic N) is 1. The Hall–Kier alpha value is -2.80. The number of halogens is 3. The van der Waals surface area contributed by atoms with Gasteiger partial charge in [-0.3, -0.25) is 4.79 Å². The number of hydrogen-bond donors (Lipinski definition) is 2. The zero-order chi connectivity index (χ0) is 21.8. The van der Waals surface area contributed by atoms with Crippen molar-refractivity contribution in [3.8, 4) is 0 Å². The van der Waals surface area contributed by atoms with Crippen LogP contribution in [0.15, 0.2) is 60.7 Å². The molecule has 0 aliphatic heterocycles. The van der Waals surface area contributed by atoms with Crippen LogP contribution in [0, 0.1) is 0 Å². The number of hydrogen-bond acceptors (Lipinski definition) is 2. The van der Waals surface area contributed by atoms with Gasteiger partial charge < -0.3 is 15.2 Å². The number of aromatic nitrogens is 1. The Labute approximate surface area is 179 Å². The Morgan fingerprint density at radius 1 is 1.06 bits per heavy atom. The summed E-state index contributed by atoms with van der Waals surface area (Å²) >= 11 is 0. The van der Waals surface area contributed by atoms with Gasteiger partial charge >= 0.3 is 6.18 Å². The van der Waals surface area contributed by atoms with E-state index in [2.05, 4.69) is 10.3 Å². The Kier molecular flexibility index (Phi) is 6.32. The van der Waals surface area contributed by atoms with Crippen LogP contribution in [0.25, 0.3) is 10.9 Å². The lowest BCUT2D eigenvalue weighted by atomic mass is 9.89. The Balaban J connectivity index is 1.50. The standard InChI is InChI=1S/C24H26F3N3O/c25-24(26,27)16-30(23(31)22-13-18-9-4-5-12-21(18)29-22)20-11-6-10-19(14-20)28-15-17-7-2-1-3-8-17/h1-5,7-9,12-13,19-20,28-29H,6,10-11,14-16H2/t19-,20-/m0/s1. The quantitative estimate of drug-likeness (QED) is 0.561. The van der Waals surface area contributed by atoms with Gasteiger partial charge in [0.15, 0.2) is 0 Å². The number of amides is 1. The lowest BCUT2D eigenvalue weighted by molar-refractivity contribution is -0.146. The van der Waals surface area contributed by atoms with Gasteiger partial charge in [0.25, 0.3) is 5.91 Å². The molecule has 31 heavy (non-hydrogen) atoms. The van der Waals surface area contributed by atoms with E-state index in [9.17, 15) is 18.0 Å². The zero-order valence-corrected chi connectivity index (χ0v) is 17.2. The minimum absolute atomic E-state index is 0.0743. The van der Waals surface area contributed by atoms with Gasteiger partial charge in [0.05, 0.1) is 0 Å². The van der Waals surface area contributed by atoms with Gasteiger partial charge in [-0.25, -0.2) is 0 Å². The molecular weight excluding hydrogens is 403 g/mol. The molecule has 1 aliphatic carbocycles. The number of fused-ring (bicyclic) bond motifs is 1. The summed E-state index contributed by atoms with van der Waals surface area (Å²) in [6.45, 7) is -0.579. The minimum atomic E-state index is -4.45. The highest BCUT2D eigenvalue weighted by Gasteiger charge is 2.39. The van der Waals surface area contributed by atoms with E-state index in [0.717, 1.165) is 34.2 Å². The van der Waals surface area contributed by atoms with Gasteiger partial charge in [-0.05, 0) is 43.4 Å². The maximum Gasteiger partial charge on any atom is 0.406 e. The molecule has 164 valence electrons. The van der Waals surface area contributed by atoms with Crippen LogP contribution in [-0.2, 0) is 6.54 Å². The van der Waals surface area contributed by atoms with E-state index < -0.39 is 24.7 Å². The molecule has 0 unspecified atom stereocenters. The zero-order valence-electron chi connectivity index (χ0n) is 17.2. The minimum Gasteiger partial charge on any atom is -0.351 e. The van der Waals surface area contributed by atoms with Gasteiger partial charge in [0, 0.05) is 29.5 Å². The van der Waals surface area contributed by atoms with Crippen LogP contribution in [0.4, 0.5) is 13.2 Å². The molecule has 0 spiro atoms. The van der Waals surface area contributed by atoms with Crippen LogP contribution in [0.2, 0.25) is 0 Å². The second-order valence-corrected chi connectivity index (χ2v) is 8.20. The molecule has 0 bridgehead atoms. The Bertz CT molecular complexity index is 983. The van der Waals surface area contributed by atoms with Gasteiger partial charge in [0.2, 0.25) is 0 Å². The van der Waals surface area contributed by atoms with Crippen LogP contribution in [0.1, 0.15) is 41.7 Å². The Morgan fingerprint density at radius 2 is 1.81 bits per heavy atom. The fourth-order valence-electron chi connectivity index (χ4n) is 4.39. The first-order valence-corrected chi connectivity index (χ1v) is 10.6. The largest absolute Gasteiger partial charge is 0.406 e. The van der Waals surface area contributed by atoms with Crippen molar-refractivity contribution in [2.24, 2.45) is 0 Å². The number of alkyl halides is 3. The van der Waals surface area contributed by atoms with Gasteiger partial charge in [-0.1, -0.05) is 48.5 Å². The molecule has 0 radical (unpaired) electrons. The Morgan fingerprint density at radius 3 is 2.55 bits per heavy atom. The summed E-state index contributed by atoms with van der Waals surface area (Å²) in [5.74, 6) is -0.595. The van der Waals surface area contributed by atoms with E-state index in [0.29, 0.717) is 19.4 Å². The summed E-state index contributed by atoms with van der Waals surface area (Å²) in [6, 6.07) is 18.5. The molecule has 1 heterocycles. The number of nitrogens with one attached hydrogen (secondary N) is 2. The number of carbonyl (C=O) groups excluding carboxylic acids is 1. The summed E-state index contributed by atoms with van der Waals surface area (Å²) in [5, 5.41) is 4.27. The summed E-state index contributed by atoms with van der Waals surface area (Å²) in [4.78, 5) is 17.2. The van der Waals surface area contributed by atoms with E-state index in [1.165, 1.54) is 0 Å². The number of rotatable bonds is 6. The number of benzene rings is 2. The predicted octanol–water partition coefficient (Wildman–Crippen LogP) is 5.27. The molecule has 1 aliphatic rings. The van der Waals surface area contributed by atoms with Crippen molar-refractivity contribution in [3.05, 3.63) is 71.9 Å². The van der Waals surface area contributed by atoms with Crippen LogP contribution in [-0.4, -0.2) is 40.6 Å². The molecule has 1 fully saturated rings. The average Bonchev–Trinajstić information content (AvgIpc) is 3.20. The second-order valence-electron chi connectivity index (χ2n) is 8.20. The van der Waals surface area contributed by atoms with Crippen molar-refractivity contribution in [1.82, 2.24) is 15.2 Å². The third-order valence-corrected chi connectivity index (χ3v) is 5.90. The lowest BCUT2D eigenvalue weighted by Crippen LogP contribution is -2.50. The smallest absolute Gasteiger partial charge is 0.351 e. The fraction of sp³-hybridized carbons (Fsp3) is 0.375. The maximum atomic E-state index is 13.4. The van der Waals surface area contributed by atoms with Crippen molar-refractivity contribution < 1.29 is 18.0 Å². The highest BCUT2D eigenvalue weighted by Crippen LogP contribution is 2.29.